The largest absolute Gasteiger partial charge is 0.423 e. The average Bonchev–Trinajstić information content (AvgIpc) is 3.19. The van der Waals surface area contributed by atoms with Crippen LogP contribution >= 0.6 is 0 Å². The van der Waals surface area contributed by atoms with E-state index in [2.05, 4.69) is 0 Å². The number of fused-ring (bicyclic) bond motifs is 8. The summed E-state index contributed by atoms with van der Waals surface area (Å²) in [6.07, 6.45) is 0. The van der Waals surface area contributed by atoms with Crippen LogP contribution < -0.4 is 26.5 Å². The molecule has 8 nitrogen and oxygen atoms in total. The molecule has 0 spiro atoms. The lowest BCUT2D eigenvalue weighted by Crippen LogP contribution is -2.16. The molecule has 55 heavy (non-hydrogen) atoms. The fourth-order valence-corrected chi connectivity index (χ4v) is 8.36. The molecule has 0 fully saturated rings. The van der Waals surface area contributed by atoms with Crippen LogP contribution in [-0.4, -0.2) is 14.8 Å². The molecule has 0 unspecified atom stereocenters. The number of rotatable bonds is 4. The Morgan fingerprint density at radius 2 is 0.855 bits per heavy atom. The Balaban J connectivity index is 1.16. The SMILES string of the molecule is CC(C)c1cc2c(=O)c3ccccc3n3c4ccc(OC(=O)c5ccc6c(c5)c(=O)c5cc(C(C)C)cc7c(=O)c8ccccc8n6c75)cc4c(=O)c(c1)c23. The number of para-hydroxylation sites is 2. The molecule has 0 amide bonds. The van der Waals surface area contributed by atoms with E-state index in [4.69, 9.17) is 4.74 Å². The number of ether oxygens (including phenoxy) is 1. The van der Waals surface area contributed by atoms with Crippen LogP contribution in [0, 0.1) is 0 Å². The van der Waals surface area contributed by atoms with Crippen molar-refractivity contribution >= 4 is 82.2 Å². The second kappa shape index (κ2) is 11.5. The van der Waals surface area contributed by atoms with Crippen LogP contribution in [0.3, 0.4) is 0 Å². The Hall–Kier alpha value is -6.93. The smallest absolute Gasteiger partial charge is 0.343 e. The van der Waals surface area contributed by atoms with E-state index in [9.17, 15) is 24.0 Å². The fraction of sp³-hybridized carbons (Fsp3) is 0.128. The Kier molecular flexibility index (Phi) is 6.86. The number of benzene rings is 6. The minimum Gasteiger partial charge on any atom is -0.423 e. The van der Waals surface area contributed by atoms with Gasteiger partial charge >= 0.3 is 5.97 Å². The monoisotopic (exact) mass is 720 g/mol. The molecule has 0 N–H and O–H groups in total. The van der Waals surface area contributed by atoms with Gasteiger partial charge in [0, 0.05) is 37.7 Å². The third-order valence-electron chi connectivity index (χ3n) is 11.2. The minimum absolute atomic E-state index is 0.0684. The summed E-state index contributed by atoms with van der Waals surface area (Å²) < 4.78 is 9.81. The number of carbonyl (C=O) groups is 1. The van der Waals surface area contributed by atoms with Gasteiger partial charge in [-0.25, -0.2) is 4.79 Å². The summed E-state index contributed by atoms with van der Waals surface area (Å²) in [7, 11) is 0. The summed E-state index contributed by atoms with van der Waals surface area (Å²) in [5.74, 6) is -0.399. The topological polar surface area (TPSA) is 103 Å². The molecule has 10 aromatic rings. The second-order valence-electron chi connectivity index (χ2n) is 15.1. The first-order valence-corrected chi connectivity index (χ1v) is 18.3. The Morgan fingerprint density at radius 3 is 1.33 bits per heavy atom. The maximum Gasteiger partial charge on any atom is 0.343 e. The summed E-state index contributed by atoms with van der Waals surface area (Å²) in [6.45, 7) is 8.07. The van der Waals surface area contributed by atoms with E-state index >= 15 is 0 Å². The van der Waals surface area contributed by atoms with E-state index in [1.807, 2.05) is 97.2 Å². The molecule has 4 heterocycles. The summed E-state index contributed by atoms with van der Waals surface area (Å²) in [5, 5.41) is 3.49. The first-order valence-electron chi connectivity index (χ1n) is 18.3. The van der Waals surface area contributed by atoms with Crippen molar-refractivity contribution in [1.82, 2.24) is 8.80 Å². The van der Waals surface area contributed by atoms with Gasteiger partial charge in [0.05, 0.1) is 44.0 Å². The van der Waals surface area contributed by atoms with E-state index in [1.54, 1.807) is 48.5 Å². The lowest BCUT2D eigenvalue weighted by atomic mass is 9.95. The van der Waals surface area contributed by atoms with Gasteiger partial charge in [-0.3, -0.25) is 19.2 Å². The molecule has 4 aromatic heterocycles. The van der Waals surface area contributed by atoms with Crippen molar-refractivity contribution in [2.75, 3.05) is 0 Å². The van der Waals surface area contributed by atoms with Crippen molar-refractivity contribution in [1.29, 1.82) is 0 Å². The Labute approximate surface area is 311 Å². The number of hydrogen-bond acceptors (Lipinski definition) is 6. The van der Waals surface area contributed by atoms with E-state index in [0.29, 0.717) is 76.2 Å². The second-order valence-corrected chi connectivity index (χ2v) is 15.1. The van der Waals surface area contributed by atoms with Crippen LogP contribution in [-0.2, 0) is 0 Å². The Morgan fingerprint density at radius 1 is 0.455 bits per heavy atom. The van der Waals surface area contributed by atoms with E-state index in [0.717, 1.165) is 11.1 Å². The standard InChI is InChI=1S/C47H32N2O6/c1-23(2)26-18-33-41-35(20-26)45(52)31-17-25(13-15-39(31)48(41)37-11-7-5-9-29(37)43(33)50)47(54)55-28-14-16-40-32(22-28)46(53)36-21-27(24(3)4)19-34-42(36)49(40)38-12-8-6-10-30(38)44(34)51/h5-24H,1-4H3. The van der Waals surface area contributed by atoms with Crippen molar-refractivity contribution in [3.63, 3.8) is 0 Å². The first-order chi connectivity index (χ1) is 26.5. The van der Waals surface area contributed by atoms with Crippen molar-refractivity contribution in [2.45, 2.75) is 39.5 Å². The van der Waals surface area contributed by atoms with E-state index < -0.39 is 5.97 Å². The van der Waals surface area contributed by atoms with E-state index in [-0.39, 0.29) is 44.9 Å². The number of carbonyl (C=O) groups excluding carboxylic acids is 1. The fourth-order valence-electron chi connectivity index (χ4n) is 8.36. The van der Waals surface area contributed by atoms with Crippen LogP contribution in [0.2, 0.25) is 0 Å². The number of hydrogen-bond donors (Lipinski definition) is 0. The van der Waals surface area contributed by atoms with Crippen molar-refractivity contribution in [3.05, 3.63) is 167 Å². The molecule has 266 valence electrons. The third-order valence-corrected chi connectivity index (χ3v) is 11.2. The maximum absolute atomic E-state index is 14.3. The van der Waals surface area contributed by atoms with Gasteiger partial charge in [0.1, 0.15) is 5.75 Å². The normalized spacial score (nSPS) is 12.3. The summed E-state index contributed by atoms with van der Waals surface area (Å²) in [6, 6.07) is 31.9. The van der Waals surface area contributed by atoms with Crippen molar-refractivity contribution in [3.8, 4) is 5.75 Å². The molecule has 6 aromatic carbocycles. The Bertz CT molecular complexity index is 3580. The zero-order valence-electron chi connectivity index (χ0n) is 30.4. The minimum atomic E-state index is -0.700. The van der Waals surface area contributed by atoms with Crippen LogP contribution in [0.15, 0.2) is 128 Å². The van der Waals surface area contributed by atoms with Crippen molar-refractivity contribution in [2.24, 2.45) is 0 Å². The number of pyridine rings is 4. The lowest BCUT2D eigenvalue weighted by molar-refractivity contribution is 0.0735. The molecule has 0 aliphatic rings. The van der Waals surface area contributed by atoms with Gasteiger partial charge in [-0.2, -0.15) is 0 Å². The molecule has 0 radical (unpaired) electrons. The zero-order chi connectivity index (χ0) is 38.0. The summed E-state index contributed by atoms with van der Waals surface area (Å²) >= 11 is 0. The first kappa shape index (κ1) is 32.7. The highest BCUT2D eigenvalue weighted by atomic mass is 16.5. The quantitative estimate of drug-likeness (QED) is 0.0779. The molecule has 0 saturated carbocycles. The molecule has 0 aliphatic heterocycles. The van der Waals surface area contributed by atoms with Gasteiger partial charge in [-0.1, -0.05) is 52.0 Å². The maximum atomic E-state index is 14.3. The third kappa shape index (κ3) is 4.54. The number of nitrogens with zero attached hydrogens (tertiary/aromatic N) is 2. The van der Waals surface area contributed by atoms with Gasteiger partial charge < -0.3 is 13.5 Å². The van der Waals surface area contributed by atoms with Gasteiger partial charge in [0.25, 0.3) is 0 Å². The number of aromatic nitrogens is 2. The average molecular weight is 721 g/mol. The molecule has 8 heteroatoms. The van der Waals surface area contributed by atoms with E-state index in [1.165, 1.54) is 0 Å². The van der Waals surface area contributed by atoms with Gasteiger partial charge in [0.2, 0.25) is 0 Å². The van der Waals surface area contributed by atoms with Crippen LogP contribution in [0.1, 0.15) is 61.0 Å². The van der Waals surface area contributed by atoms with Crippen LogP contribution in [0.25, 0.3) is 76.2 Å². The summed E-state index contributed by atoms with van der Waals surface area (Å²) in [4.78, 5) is 69.9. The van der Waals surface area contributed by atoms with Crippen LogP contribution in [0.4, 0.5) is 0 Å². The predicted molar refractivity (Wildman–Crippen MR) is 220 cm³/mol. The van der Waals surface area contributed by atoms with Gasteiger partial charge in [-0.15, -0.1) is 0 Å². The highest BCUT2D eigenvalue weighted by Gasteiger charge is 2.22. The lowest BCUT2D eigenvalue weighted by Gasteiger charge is -2.17. The van der Waals surface area contributed by atoms with Gasteiger partial charge in [-0.05, 0) is 108 Å². The highest BCUT2D eigenvalue weighted by Crippen LogP contribution is 2.33. The molecule has 0 saturated heterocycles. The van der Waals surface area contributed by atoms with Crippen LogP contribution in [0.5, 0.6) is 5.75 Å². The van der Waals surface area contributed by atoms with Crippen molar-refractivity contribution < 1.29 is 9.53 Å². The number of esters is 1. The molecular formula is C47H32N2O6. The molecular weight excluding hydrogens is 689 g/mol. The zero-order valence-corrected chi connectivity index (χ0v) is 30.4. The predicted octanol–water partition coefficient (Wildman–Crippen LogP) is 8.89. The highest BCUT2D eigenvalue weighted by molar-refractivity contribution is 6.10. The molecule has 0 bridgehead atoms. The summed E-state index contributed by atoms with van der Waals surface area (Å²) in [5.41, 5.74) is 4.67. The molecule has 10 rings (SSSR count). The van der Waals surface area contributed by atoms with Gasteiger partial charge in [0.15, 0.2) is 21.7 Å². The molecule has 0 aliphatic carbocycles. The molecule has 0 atom stereocenters.